The molecule has 3 rings (SSSR count). The molecule has 1 aliphatic carbocycles. The van der Waals surface area contributed by atoms with Crippen LogP contribution >= 0.6 is 11.6 Å². The predicted molar refractivity (Wildman–Crippen MR) is 71.0 cm³/mol. The first kappa shape index (κ1) is 11.4. The molecule has 0 spiro atoms. The Bertz CT molecular complexity index is 617. The van der Waals surface area contributed by atoms with Gasteiger partial charge in [0.25, 0.3) is 0 Å². The zero-order valence-corrected chi connectivity index (χ0v) is 10.4. The van der Waals surface area contributed by atoms with Crippen molar-refractivity contribution in [1.82, 2.24) is 4.98 Å². The van der Waals surface area contributed by atoms with Crippen LogP contribution in [0.15, 0.2) is 42.6 Å². The molecule has 1 aromatic heterocycles. The number of pyridine rings is 1. The normalized spacial score (nSPS) is 14.0. The summed E-state index contributed by atoms with van der Waals surface area (Å²) < 4.78 is 13.0. The van der Waals surface area contributed by atoms with Gasteiger partial charge in [0.05, 0.1) is 5.69 Å². The minimum absolute atomic E-state index is 0.227. The molecule has 1 aliphatic rings. The van der Waals surface area contributed by atoms with Gasteiger partial charge in [-0.05, 0) is 42.2 Å². The van der Waals surface area contributed by atoms with Crippen LogP contribution in [0, 0.1) is 5.82 Å². The summed E-state index contributed by atoms with van der Waals surface area (Å²) in [5, 5.41) is 0.757. The minimum Gasteiger partial charge on any atom is -0.256 e. The number of aromatic nitrogens is 1. The van der Waals surface area contributed by atoms with Crippen molar-refractivity contribution in [2.24, 2.45) is 0 Å². The van der Waals surface area contributed by atoms with E-state index in [4.69, 9.17) is 11.6 Å². The first-order valence-corrected chi connectivity index (χ1v) is 6.23. The summed E-state index contributed by atoms with van der Waals surface area (Å²) in [5.41, 5.74) is 4.02. The molecule has 1 nitrogen and oxygen atoms in total. The zero-order chi connectivity index (χ0) is 12.5. The molecule has 0 amide bonds. The van der Waals surface area contributed by atoms with Gasteiger partial charge >= 0.3 is 0 Å². The zero-order valence-electron chi connectivity index (χ0n) is 9.66. The smallest absolute Gasteiger partial charge is 0.123 e. The molecule has 0 bridgehead atoms. The Morgan fingerprint density at radius 2 is 1.89 bits per heavy atom. The van der Waals surface area contributed by atoms with E-state index < -0.39 is 0 Å². The van der Waals surface area contributed by atoms with E-state index in [1.165, 1.54) is 12.1 Å². The second-order valence-electron chi connectivity index (χ2n) is 4.28. The van der Waals surface area contributed by atoms with Crippen LogP contribution in [0.4, 0.5) is 4.39 Å². The second-order valence-corrected chi connectivity index (χ2v) is 4.69. The van der Waals surface area contributed by atoms with Gasteiger partial charge in [-0.15, -0.1) is 0 Å². The van der Waals surface area contributed by atoms with Crippen LogP contribution in [0.5, 0.6) is 0 Å². The molecule has 1 heterocycles. The minimum atomic E-state index is -0.227. The quantitative estimate of drug-likeness (QED) is 0.746. The summed E-state index contributed by atoms with van der Waals surface area (Å²) in [4.78, 5) is 4.41. The van der Waals surface area contributed by atoms with Crippen molar-refractivity contribution < 1.29 is 4.39 Å². The fourth-order valence-electron chi connectivity index (χ4n) is 2.28. The van der Waals surface area contributed by atoms with Gasteiger partial charge in [0.2, 0.25) is 0 Å². The maximum atomic E-state index is 13.0. The molecule has 0 atom stereocenters. The third-order valence-corrected chi connectivity index (χ3v) is 3.51. The maximum absolute atomic E-state index is 13.0. The standard InChI is InChI=1S/C15H11ClFN/c16-14-8-9-18-15-12(2-1-3-13(14)15)10-4-6-11(17)7-5-10/h2,4-9H,1,3H2. The number of benzene rings is 1. The summed E-state index contributed by atoms with van der Waals surface area (Å²) in [6.07, 6.45) is 5.70. The molecule has 0 unspecified atom stereocenters. The van der Waals surface area contributed by atoms with E-state index in [1.54, 1.807) is 18.3 Å². The number of allylic oxidation sites excluding steroid dienone is 1. The van der Waals surface area contributed by atoms with Gasteiger partial charge in [-0.1, -0.05) is 29.8 Å². The summed E-state index contributed by atoms with van der Waals surface area (Å²) in [6.45, 7) is 0. The molecule has 1 aromatic carbocycles. The van der Waals surface area contributed by atoms with Crippen molar-refractivity contribution in [2.75, 3.05) is 0 Å². The Labute approximate surface area is 110 Å². The van der Waals surface area contributed by atoms with E-state index in [9.17, 15) is 4.39 Å². The number of hydrogen-bond acceptors (Lipinski definition) is 1. The molecule has 0 aliphatic heterocycles. The molecular formula is C15H11ClFN. The van der Waals surface area contributed by atoms with Crippen LogP contribution in [0.2, 0.25) is 5.02 Å². The van der Waals surface area contributed by atoms with E-state index in [1.807, 2.05) is 6.07 Å². The fraction of sp³-hybridized carbons (Fsp3) is 0.133. The third kappa shape index (κ3) is 1.93. The van der Waals surface area contributed by atoms with Gasteiger partial charge in [-0.25, -0.2) is 4.39 Å². The van der Waals surface area contributed by atoms with Crippen molar-refractivity contribution in [2.45, 2.75) is 12.8 Å². The highest BCUT2D eigenvalue weighted by Gasteiger charge is 2.17. The summed E-state index contributed by atoms with van der Waals surface area (Å²) >= 11 is 6.19. The van der Waals surface area contributed by atoms with Crippen LogP contribution < -0.4 is 0 Å². The first-order chi connectivity index (χ1) is 8.75. The molecule has 90 valence electrons. The van der Waals surface area contributed by atoms with Crippen LogP contribution in [0.3, 0.4) is 0 Å². The van der Waals surface area contributed by atoms with Crippen molar-refractivity contribution in [3.8, 4) is 0 Å². The van der Waals surface area contributed by atoms with Crippen LogP contribution in [-0.4, -0.2) is 4.98 Å². The van der Waals surface area contributed by atoms with Crippen LogP contribution in [-0.2, 0) is 6.42 Å². The lowest BCUT2D eigenvalue weighted by atomic mass is 9.91. The average Bonchev–Trinajstić information content (AvgIpc) is 2.40. The molecule has 0 saturated heterocycles. The summed E-state index contributed by atoms with van der Waals surface area (Å²) in [7, 11) is 0. The largest absolute Gasteiger partial charge is 0.256 e. The van der Waals surface area contributed by atoms with Gasteiger partial charge in [-0.2, -0.15) is 0 Å². The lowest BCUT2D eigenvalue weighted by Gasteiger charge is -2.17. The lowest BCUT2D eigenvalue weighted by Crippen LogP contribution is -2.04. The predicted octanol–water partition coefficient (Wildman–Crippen LogP) is 4.25. The van der Waals surface area contributed by atoms with Gasteiger partial charge in [0.15, 0.2) is 0 Å². The molecule has 0 fully saturated rings. The highest BCUT2D eigenvalue weighted by Crippen LogP contribution is 2.33. The van der Waals surface area contributed by atoms with E-state index >= 15 is 0 Å². The summed E-state index contributed by atoms with van der Waals surface area (Å²) in [5.74, 6) is -0.227. The molecular weight excluding hydrogens is 249 g/mol. The topological polar surface area (TPSA) is 12.9 Å². The molecule has 0 radical (unpaired) electrons. The van der Waals surface area contributed by atoms with Gasteiger partial charge < -0.3 is 0 Å². The highest BCUT2D eigenvalue weighted by atomic mass is 35.5. The first-order valence-electron chi connectivity index (χ1n) is 5.85. The van der Waals surface area contributed by atoms with E-state index in [2.05, 4.69) is 11.1 Å². The van der Waals surface area contributed by atoms with Crippen LogP contribution in [0.25, 0.3) is 5.57 Å². The molecule has 18 heavy (non-hydrogen) atoms. The Hall–Kier alpha value is -1.67. The average molecular weight is 260 g/mol. The number of hydrogen-bond donors (Lipinski definition) is 0. The number of nitrogens with zero attached hydrogens (tertiary/aromatic N) is 1. The fourth-order valence-corrected chi connectivity index (χ4v) is 2.52. The Balaban J connectivity index is 2.12. The SMILES string of the molecule is Fc1ccc(C2=CCCc3c(Cl)ccnc32)cc1. The Morgan fingerprint density at radius 1 is 1.11 bits per heavy atom. The molecule has 0 N–H and O–H groups in total. The van der Waals surface area contributed by atoms with Gasteiger partial charge in [0, 0.05) is 16.8 Å². The van der Waals surface area contributed by atoms with Gasteiger partial charge in [-0.3, -0.25) is 4.98 Å². The van der Waals surface area contributed by atoms with Crippen molar-refractivity contribution in [3.05, 3.63) is 70.3 Å². The van der Waals surface area contributed by atoms with E-state index in [-0.39, 0.29) is 5.82 Å². The van der Waals surface area contributed by atoms with Crippen molar-refractivity contribution >= 4 is 17.2 Å². The number of halogens is 2. The van der Waals surface area contributed by atoms with Crippen molar-refractivity contribution in [3.63, 3.8) is 0 Å². The molecule has 2 aromatic rings. The van der Waals surface area contributed by atoms with Gasteiger partial charge in [0.1, 0.15) is 5.82 Å². The summed E-state index contributed by atoms with van der Waals surface area (Å²) in [6, 6.07) is 8.30. The van der Waals surface area contributed by atoms with E-state index in [0.717, 1.165) is 40.3 Å². The number of fused-ring (bicyclic) bond motifs is 1. The maximum Gasteiger partial charge on any atom is 0.123 e. The highest BCUT2D eigenvalue weighted by molar-refractivity contribution is 6.31. The Kier molecular flexibility index (Phi) is 2.88. The molecule has 3 heteroatoms. The number of rotatable bonds is 1. The monoisotopic (exact) mass is 259 g/mol. The van der Waals surface area contributed by atoms with E-state index in [0.29, 0.717) is 0 Å². The van der Waals surface area contributed by atoms with Crippen LogP contribution in [0.1, 0.15) is 23.2 Å². The third-order valence-electron chi connectivity index (χ3n) is 3.15. The Morgan fingerprint density at radius 3 is 2.67 bits per heavy atom. The molecule has 0 saturated carbocycles. The second kappa shape index (κ2) is 4.54. The lowest BCUT2D eigenvalue weighted by molar-refractivity contribution is 0.627. The van der Waals surface area contributed by atoms with Crippen molar-refractivity contribution in [1.29, 1.82) is 0 Å².